The van der Waals surface area contributed by atoms with Crippen LogP contribution in [0.25, 0.3) is 11.5 Å². The van der Waals surface area contributed by atoms with Gasteiger partial charge in [0.15, 0.2) is 0 Å². The fraction of sp³-hybridized carbons (Fsp3) is 0.167. The summed E-state index contributed by atoms with van der Waals surface area (Å²) in [7, 11) is 0. The average Bonchev–Trinajstić information content (AvgIpc) is 3.11. The van der Waals surface area contributed by atoms with Gasteiger partial charge in [0, 0.05) is 18.5 Å². The third-order valence-electron chi connectivity index (χ3n) is 3.51. The number of nitrogens with one attached hydrogen (secondary N) is 1. The molecule has 2 N–H and O–H groups in total. The van der Waals surface area contributed by atoms with Gasteiger partial charge in [-0.3, -0.25) is 4.79 Å². The van der Waals surface area contributed by atoms with Gasteiger partial charge in [-0.2, -0.15) is 4.98 Å². The maximum absolute atomic E-state index is 13.2. The second-order valence-corrected chi connectivity index (χ2v) is 5.49. The average molecular weight is 341 g/mol. The molecule has 3 aromatic rings. The standard InChI is InChI=1S/C18H16FN3O3/c19-14-8-4-7-13(10-14)18-21-16(22-25-18)17(24)20-11-15(23)9-12-5-2-1-3-6-12/h1-8,10,15,23H,9,11H2,(H,20,24)/t15-/m0/s1. The minimum Gasteiger partial charge on any atom is -0.391 e. The Labute approximate surface area is 143 Å². The Morgan fingerprint density at radius 1 is 1.20 bits per heavy atom. The predicted octanol–water partition coefficient (Wildman–Crippen LogP) is 2.21. The Morgan fingerprint density at radius 3 is 2.76 bits per heavy atom. The molecule has 0 bridgehead atoms. The molecule has 0 saturated heterocycles. The summed E-state index contributed by atoms with van der Waals surface area (Å²) in [4.78, 5) is 16.0. The zero-order valence-corrected chi connectivity index (χ0v) is 13.2. The largest absolute Gasteiger partial charge is 0.391 e. The number of amides is 1. The van der Waals surface area contributed by atoms with Crippen molar-refractivity contribution in [3.05, 3.63) is 71.8 Å². The van der Waals surface area contributed by atoms with Crippen LogP contribution in [0.4, 0.5) is 4.39 Å². The number of aliphatic hydroxyl groups is 1. The van der Waals surface area contributed by atoms with Crippen LogP contribution in [-0.2, 0) is 6.42 Å². The van der Waals surface area contributed by atoms with E-state index in [1.54, 1.807) is 6.07 Å². The normalized spacial score (nSPS) is 11.9. The molecule has 1 aromatic heterocycles. The number of halogens is 1. The lowest BCUT2D eigenvalue weighted by Gasteiger charge is -2.10. The number of hydrogen-bond acceptors (Lipinski definition) is 5. The first-order valence-corrected chi connectivity index (χ1v) is 7.71. The van der Waals surface area contributed by atoms with Gasteiger partial charge in [0.05, 0.1) is 6.10 Å². The highest BCUT2D eigenvalue weighted by atomic mass is 19.1. The van der Waals surface area contributed by atoms with Gasteiger partial charge in [0.2, 0.25) is 0 Å². The van der Waals surface area contributed by atoms with Crippen molar-refractivity contribution in [2.24, 2.45) is 0 Å². The number of aliphatic hydroxyl groups excluding tert-OH is 1. The number of hydrogen-bond donors (Lipinski definition) is 2. The highest BCUT2D eigenvalue weighted by Gasteiger charge is 2.17. The molecule has 25 heavy (non-hydrogen) atoms. The van der Waals surface area contributed by atoms with E-state index in [0.717, 1.165) is 5.56 Å². The molecule has 1 atom stereocenters. The minimum absolute atomic E-state index is 0.0504. The topological polar surface area (TPSA) is 88.2 Å². The van der Waals surface area contributed by atoms with E-state index < -0.39 is 17.8 Å². The summed E-state index contributed by atoms with van der Waals surface area (Å²) in [6.07, 6.45) is -0.317. The van der Waals surface area contributed by atoms with Crippen molar-refractivity contribution < 1.29 is 18.8 Å². The summed E-state index contributed by atoms with van der Waals surface area (Å²) in [5, 5.41) is 16.1. The molecule has 7 heteroatoms. The number of nitrogens with zero attached hydrogens (tertiary/aromatic N) is 2. The number of benzene rings is 2. The Kier molecular flexibility index (Phi) is 5.15. The van der Waals surface area contributed by atoms with Gasteiger partial charge in [-0.1, -0.05) is 41.6 Å². The molecule has 0 fully saturated rings. The van der Waals surface area contributed by atoms with Crippen LogP contribution < -0.4 is 5.32 Å². The molecule has 0 unspecified atom stereocenters. The van der Waals surface area contributed by atoms with Crippen LogP contribution in [0.15, 0.2) is 59.1 Å². The lowest BCUT2D eigenvalue weighted by Crippen LogP contribution is -2.33. The maximum Gasteiger partial charge on any atom is 0.292 e. The molecule has 0 saturated carbocycles. The van der Waals surface area contributed by atoms with Crippen molar-refractivity contribution in [1.82, 2.24) is 15.5 Å². The maximum atomic E-state index is 13.2. The Balaban J connectivity index is 1.57. The summed E-state index contributed by atoms with van der Waals surface area (Å²) >= 11 is 0. The van der Waals surface area contributed by atoms with Crippen LogP contribution in [0.1, 0.15) is 16.2 Å². The van der Waals surface area contributed by atoms with Gasteiger partial charge < -0.3 is 14.9 Å². The fourth-order valence-electron chi connectivity index (χ4n) is 2.30. The van der Waals surface area contributed by atoms with Crippen LogP contribution in [0, 0.1) is 5.82 Å². The van der Waals surface area contributed by atoms with Gasteiger partial charge in [-0.25, -0.2) is 4.39 Å². The summed E-state index contributed by atoms with van der Waals surface area (Å²) in [5.74, 6) is -1.13. The Hall–Kier alpha value is -3.06. The van der Waals surface area contributed by atoms with E-state index in [9.17, 15) is 14.3 Å². The van der Waals surface area contributed by atoms with Crippen molar-refractivity contribution in [3.8, 4) is 11.5 Å². The van der Waals surface area contributed by atoms with Crippen molar-refractivity contribution >= 4 is 5.91 Å². The zero-order chi connectivity index (χ0) is 17.6. The third-order valence-corrected chi connectivity index (χ3v) is 3.51. The van der Waals surface area contributed by atoms with E-state index in [2.05, 4.69) is 15.5 Å². The van der Waals surface area contributed by atoms with E-state index in [-0.39, 0.29) is 18.3 Å². The summed E-state index contributed by atoms with van der Waals surface area (Å²) in [6, 6.07) is 15.1. The van der Waals surface area contributed by atoms with Crippen LogP contribution in [-0.4, -0.2) is 33.8 Å². The SMILES string of the molecule is O=C(NC[C@@H](O)Cc1ccccc1)c1noc(-c2cccc(F)c2)n1. The van der Waals surface area contributed by atoms with Gasteiger partial charge in [-0.05, 0) is 23.8 Å². The van der Waals surface area contributed by atoms with Crippen molar-refractivity contribution in [3.63, 3.8) is 0 Å². The molecule has 0 radical (unpaired) electrons. The quantitative estimate of drug-likeness (QED) is 0.718. The van der Waals surface area contributed by atoms with Gasteiger partial charge in [0.25, 0.3) is 17.6 Å². The second kappa shape index (κ2) is 7.67. The summed E-state index contributed by atoms with van der Waals surface area (Å²) in [6.45, 7) is 0.0531. The van der Waals surface area contributed by atoms with E-state index in [1.807, 2.05) is 30.3 Å². The number of aromatic nitrogens is 2. The van der Waals surface area contributed by atoms with Gasteiger partial charge in [0.1, 0.15) is 5.82 Å². The van der Waals surface area contributed by atoms with Crippen LogP contribution in [0.2, 0.25) is 0 Å². The smallest absolute Gasteiger partial charge is 0.292 e. The Morgan fingerprint density at radius 2 is 2.00 bits per heavy atom. The fourth-order valence-corrected chi connectivity index (χ4v) is 2.30. The third kappa shape index (κ3) is 4.48. The highest BCUT2D eigenvalue weighted by molar-refractivity contribution is 5.90. The van der Waals surface area contributed by atoms with Crippen LogP contribution >= 0.6 is 0 Å². The molecule has 0 aliphatic carbocycles. The molecular formula is C18H16FN3O3. The first-order chi connectivity index (χ1) is 12.1. The molecule has 1 heterocycles. The first-order valence-electron chi connectivity index (χ1n) is 7.71. The van der Waals surface area contributed by atoms with Crippen LogP contribution in [0.3, 0.4) is 0 Å². The lowest BCUT2D eigenvalue weighted by molar-refractivity contribution is 0.0902. The molecule has 3 rings (SSSR count). The van der Waals surface area contributed by atoms with Crippen molar-refractivity contribution in [2.75, 3.05) is 6.54 Å². The molecule has 128 valence electrons. The molecule has 1 amide bonds. The van der Waals surface area contributed by atoms with E-state index in [1.165, 1.54) is 18.2 Å². The van der Waals surface area contributed by atoms with Gasteiger partial charge >= 0.3 is 0 Å². The monoisotopic (exact) mass is 341 g/mol. The summed E-state index contributed by atoms with van der Waals surface area (Å²) < 4.78 is 18.2. The molecule has 0 spiro atoms. The molecule has 0 aliphatic rings. The second-order valence-electron chi connectivity index (χ2n) is 5.49. The zero-order valence-electron chi connectivity index (χ0n) is 13.2. The minimum atomic E-state index is -0.735. The molecule has 0 aliphatic heterocycles. The lowest BCUT2D eigenvalue weighted by atomic mass is 10.1. The van der Waals surface area contributed by atoms with E-state index >= 15 is 0 Å². The molecule has 6 nitrogen and oxygen atoms in total. The molecular weight excluding hydrogens is 325 g/mol. The highest BCUT2D eigenvalue weighted by Crippen LogP contribution is 2.17. The van der Waals surface area contributed by atoms with Crippen molar-refractivity contribution in [1.29, 1.82) is 0 Å². The number of rotatable bonds is 6. The predicted molar refractivity (Wildman–Crippen MR) is 88.2 cm³/mol. The van der Waals surface area contributed by atoms with Gasteiger partial charge in [-0.15, -0.1) is 0 Å². The first kappa shape index (κ1) is 16.8. The molecule has 2 aromatic carbocycles. The van der Waals surface area contributed by atoms with E-state index in [0.29, 0.717) is 12.0 Å². The van der Waals surface area contributed by atoms with E-state index in [4.69, 9.17) is 4.52 Å². The number of carbonyl (C=O) groups excluding carboxylic acids is 1. The Bertz CT molecular complexity index is 852. The summed E-state index contributed by atoms with van der Waals surface area (Å²) in [5.41, 5.74) is 1.35. The van der Waals surface area contributed by atoms with Crippen molar-refractivity contribution in [2.45, 2.75) is 12.5 Å². The number of carbonyl (C=O) groups is 1. The van der Waals surface area contributed by atoms with Crippen LogP contribution in [0.5, 0.6) is 0 Å².